The van der Waals surface area contributed by atoms with Crippen LogP contribution in [-0.2, 0) is 0 Å². The molecular formula is C12H8BrClN2O. The number of anilines is 1. The average molecular weight is 312 g/mol. The Morgan fingerprint density at radius 1 is 1.29 bits per heavy atom. The third kappa shape index (κ3) is 3.05. The Hall–Kier alpha value is -1.39. The van der Waals surface area contributed by atoms with Gasteiger partial charge in [0.05, 0.1) is 5.56 Å². The van der Waals surface area contributed by atoms with E-state index in [1.54, 1.807) is 42.6 Å². The van der Waals surface area contributed by atoms with Gasteiger partial charge in [0.25, 0.3) is 5.91 Å². The van der Waals surface area contributed by atoms with Gasteiger partial charge in [-0.1, -0.05) is 17.7 Å². The van der Waals surface area contributed by atoms with Crippen molar-refractivity contribution in [2.24, 2.45) is 0 Å². The highest BCUT2D eigenvalue weighted by Crippen LogP contribution is 2.22. The highest BCUT2D eigenvalue weighted by molar-refractivity contribution is 9.10. The Morgan fingerprint density at radius 3 is 2.76 bits per heavy atom. The number of carbonyl (C=O) groups is 1. The number of pyridine rings is 1. The lowest BCUT2D eigenvalue weighted by molar-refractivity contribution is 0.102. The molecule has 17 heavy (non-hydrogen) atoms. The minimum Gasteiger partial charge on any atom is -0.307 e. The van der Waals surface area contributed by atoms with Crippen LogP contribution in [0.5, 0.6) is 0 Å². The van der Waals surface area contributed by atoms with Crippen LogP contribution in [0.25, 0.3) is 0 Å². The summed E-state index contributed by atoms with van der Waals surface area (Å²) in [6.07, 6.45) is 1.62. The Kier molecular flexibility index (Phi) is 3.76. The average Bonchev–Trinajstić information content (AvgIpc) is 2.30. The monoisotopic (exact) mass is 310 g/mol. The number of rotatable bonds is 2. The van der Waals surface area contributed by atoms with E-state index in [1.165, 1.54) is 0 Å². The van der Waals surface area contributed by atoms with Gasteiger partial charge in [-0.15, -0.1) is 0 Å². The molecule has 0 fully saturated rings. The third-order valence-corrected chi connectivity index (χ3v) is 2.97. The molecule has 0 spiro atoms. The van der Waals surface area contributed by atoms with Crippen molar-refractivity contribution < 1.29 is 4.79 Å². The number of hydrogen-bond donors (Lipinski definition) is 1. The molecule has 1 N–H and O–H groups in total. The van der Waals surface area contributed by atoms with E-state index in [4.69, 9.17) is 11.6 Å². The van der Waals surface area contributed by atoms with Crippen LogP contribution in [0.4, 0.5) is 5.82 Å². The lowest BCUT2D eigenvalue weighted by atomic mass is 10.2. The van der Waals surface area contributed by atoms with Gasteiger partial charge in [0, 0.05) is 15.7 Å². The molecule has 0 radical (unpaired) electrons. The van der Waals surface area contributed by atoms with Crippen molar-refractivity contribution in [3.8, 4) is 0 Å². The second-order valence-corrected chi connectivity index (χ2v) is 4.58. The van der Waals surface area contributed by atoms with Crippen LogP contribution < -0.4 is 5.32 Å². The van der Waals surface area contributed by atoms with Gasteiger partial charge >= 0.3 is 0 Å². The van der Waals surface area contributed by atoms with Crippen molar-refractivity contribution in [1.82, 2.24) is 4.98 Å². The number of nitrogens with zero attached hydrogens (tertiary/aromatic N) is 1. The van der Waals surface area contributed by atoms with Crippen molar-refractivity contribution in [2.75, 3.05) is 5.32 Å². The molecule has 2 aromatic rings. The van der Waals surface area contributed by atoms with Crippen LogP contribution in [-0.4, -0.2) is 10.9 Å². The van der Waals surface area contributed by atoms with E-state index < -0.39 is 0 Å². The maximum Gasteiger partial charge on any atom is 0.257 e. The van der Waals surface area contributed by atoms with Crippen LogP contribution in [0.15, 0.2) is 47.1 Å². The van der Waals surface area contributed by atoms with Gasteiger partial charge in [0.1, 0.15) is 5.82 Å². The second-order valence-electron chi connectivity index (χ2n) is 3.29. The largest absolute Gasteiger partial charge is 0.307 e. The standard InChI is InChI=1S/C12H8BrClN2O/c13-10-7-8(14)4-5-9(10)12(17)16-11-3-1-2-6-15-11/h1-7H,(H,15,16,17). The minimum atomic E-state index is -0.229. The molecule has 1 heterocycles. The first-order chi connectivity index (χ1) is 8.16. The number of amides is 1. The third-order valence-electron chi connectivity index (χ3n) is 2.08. The van der Waals surface area contributed by atoms with Crippen molar-refractivity contribution in [1.29, 1.82) is 0 Å². The summed E-state index contributed by atoms with van der Waals surface area (Å²) in [4.78, 5) is 15.9. The highest BCUT2D eigenvalue weighted by Gasteiger charge is 2.10. The molecule has 2 rings (SSSR count). The van der Waals surface area contributed by atoms with Crippen LogP contribution in [0.2, 0.25) is 5.02 Å². The van der Waals surface area contributed by atoms with Gasteiger partial charge in [0.15, 0.2) is 0 Å². The van der Waals surface area contributed by atoms with Crippen molar-refractivity contribution in [3.63, 3.8) is 0 Å². The Balaban J connectivity index is 2.21. The summed E-state index contributed by atoms with van der Waals surface area (Å²) in [6.45, 7) is 0. The first-order valence-electron chi connectivity index (χ1n) is 4.84. The molecule has 3 nitrogen and oxygen atoms in total. The Labute approximate surface area is 112 Å². The van der Waals surface area contributed by atoms with Crippen LogP contribution in [0.3, 0.4) is 0 Å². The fourth-order valence-electron chi connectivity index (χ4n) is 1.29. The lowest BCUT2D eigenvalue weighted by Crippen LogP contribution is -2.13. The zero-order valence-electron chi connectivity index (χ0n) is 8.65. The molecule has 0 atom stereocenters. The molecule has 1 amide bonds. The number of aromatic nitrogens is 1. The van der Waals surface area contributed by atoms with Crippen molar-refractivity contribution >= 4 is 39.3 Å². The van der Waals surface area contributed by atoms with Gasteiger partial charge in [-0.2, -0.15) is 0 Å². The minimum absolute atomic E-state index is 0.229. The second kappa shape index (κ2) is 5.29. The van der Waals surface area contributed by atoms with E-state index in [9.17, 15) is 4.79 Å². The van der Waals surface area contributed by atoms with Crippen LogP contribution >= 0.6 is 27.5 Å². The molecule has 5 heteroatoms. The van der Waals surface area contributed by atoms with E-state index in [-0.39, 0.29) is 5.91 Å². The van der Waals surface area contributed by atoms with Crippen LogP contribution in [0, 0.1) is 0 Å². The quantitative estimate of drug-likeness (QED) is 0.918. The number of nitrogens with one attached hydrogen (secondary N) is 1. The number of hydrogen-bond acceptors (Lipinski definition) is 2. The van der Waals surface area contributed by atoms with Gasteiger partial charge < -0.3 is 5.32 Å². The zero-order chi connectivity index (χ0) is 12.3. The Bertz CT molecular complexity index is 545. The van der Waals surface area contributed by atoms with Crippen molar-refractivity contribution in [3.05, 3.63) is 57.7 Å². The molecule has 0 aliphatic rings. The molecule has 0 saturated heterocycles. The molecule has 1 aromatic carbocycles. The predicted octanol–water partition coefficient (Wildman–Crippen LogP) is 3.75. The first kappa shape index (κ1) is 12.1. The van der Waals surface area contributed by atoms with E-state index in [0.717, 1.165) is 0 Å². The highest BCUT2D eigenvalue weighted by atomic mass is 79.9. The van der Waals surface area contributed by atoms with Crippen molar-refractivity contribution in [2.45, 2.75) is 0 Å². The van der Waals surface area contributed by atoms with E-state index in [2.05, 4.69) is 26.2 Å². The SMILES string of the molecule is O=C(Nc1ccccn1)c1ccc(Cl)cc1Br. The summed E-state index contributed by atoms with van der Waals surface area (Å²) in [7, 11) is 0. The molecule has 86 valence electrons. The summed E-state index contributed by atoms with van der Waals surface area (Å²) < 4.78 is 0.651. The van der Waals surface area contributed by atoms with Crippen LogP contribution in [0.1, 0.15) is 10.4 Å². The normalized spacial score (nSPS) is 10.0. The Morgan fingerprint density at radius 2 is 2.12 bits per heavy atom. The molecule has 1 aromatic heterocycles. The summed E-state index contributed by atoms with van der Waals surface area (Å²) in [5, 5.41) is 3.27. The summed E-state index contributed by atoms with van der Waals surface area (Å²) in [5.41, 5.74) is 0.514. The first-order valence-corrected chi connectivity index (χ1v) is 6.01. The van der Waals surface area contributed by atoms with Gasteiger partial charge in [-0.3, -0.25) is 4.79 Å². The van der Waals surface area contributed by atoms with Gasteiger partial charge in [-0.25, -0.2) is 4.98 Å². The fourth-order valence-corrected chi connectivity index (χ4v) is 2.16. The number of benzene rings is 1. The summed E-state index contributed by atoms with van der Waals surface area (Å²) in [6, 6.07) is 10.3. The predicted molar refractivity (Wildman–Crippen MR) is 71.3 cm³/mol. The molecule has 0 unspecified atom stereocenters. The topological polar surface area (TPSA) is 42.0 Å². The summed E-state index contributed by atoms with van der Waals surface area (Å²) in [5.74, 6) is 0.284. The molecular weight excluding hydrogens is 304 g/mol. The number of halogens is 2. The summed E-state index contributed by atoms with van der Waals surface area (Å²) >= 11 is 9.10. The van der Waals surface area contributed by atoms with E-state index >= 15 is 0 Å². The van der Waals surface area contributed by atoms with E-state index in [0.29, 0.717) is 20.9 Å². The maximum atomic E-state index is 11.9. The lowest BCUT2D eigenvalue weighted by Gasteiger charge is -2.06. The van der Waals surface area contributed by atoms with Gasteiger partial charge in [0.2, 0.25) is 0 Å². The molecule has 0 aliphatic carbocycles. The van der Waals surface area contributed by atoms with E-state index in [1.807, 2.05) is 0 Å². The molecule has 0 saturated carbocycles. The molecule has 0 bridgehead atoms. The number of carbonyl (C=O) groups excluding carboxylic acids is 1. The van der Waals surface area contributed by atoms with Gasteiger partial charge in [-0.05, 0) is 46.3 Å². The maximum absolute atomic E-state index is 11.9. The molecule has 0 aliphatic heterocycles. The smallest absolute Gasteiger partial charge is 0.257 e. The zero-order valence-corrected chi connectivity index (χ0v) is 11.0. The fraction of sp³-hybridized carbons (Fsp3) is 0.